The summed E-state index contributed by atoms with van der Waals surface area (Å²) in [4.78, 5) is 16.5. The zero-order valence-electron chi connectivity index (χ0n) is 16.5. The largest absolute Gasteiger partial charge is 0.416 e. The van der Waals surface area contributed by atoms with Gasteiger partial charge in [-0.3, -0.25) is 4.79 Å². The highest BCUT2D eigenvalue weighted by molar-refractivity contribution is 14.1. The quantitative estimate of drug-likeness (QED) is 0.324. The average Bonchev–Trinajstić information content (AvgIpc) is 3.16. The van der Waals surface area contributed by atoms with Crippen LogP contribution in [0.3, 0.4) is 0 Å². The first-order valence-corrected chi connectivity index (χ1v) is 10.2. The third-order valence-corrected chi connectivity index (χ3v) is 5.38. The molecule has 158 valence electrons. The number of hydrogen-bond acceptors (Lipinski definition) is 5. The molecule has 1 amide bonds. The number of hydrogen-bond donors (Lipinski definition) is 2. The van der Waals surface area contributed by atoms with Gasteiger partial charge in [-0.1, -0.05) is 19.9 Å². The monoisotopic (exact) mass is 527 g/mol. The number of nitrogens with zero attached hydrogens (tertiary/aromatic N) is 1. The van der Waals surface area contributed by atoms with Crippen molar-refractivity contribution in [3.63, 3.8) is 0 Å². The van der Waals surface area contributed by atoms with Gasteiger partial charge in [-0.2, -0.15) is 4.98 Å². The summed E-state index contributed by atoms with van der Waals surface area (Å²) in [5, 5.41) is 2.61. The molecule has 0 saturated carbocycles. The highest BCUT2D eigenvalue weighted by Gasteiger charge is 2.19. The SMILES string of the molecule is CC(C)c1ccc(I)c(Oc2nc(C(=O)N[C@H](C)c3cc(F)c(N)c(F)c3)co2)c1. The van der Waals surface area contributed by atoms with Gasteiger partial charge in [0.2, 0.25) is 0 Å². The van der Waals surface area contributed by atoms with Crippen molar-refractivity contribution in [2.45, 2.75) is 32.7 Å². The first kappa shape index (κ1) is 22.0. The van der Waals surface area contributed by atoms with Gasteiger partial charge in [-0.15, -0.1) is 0 Å². The molecule has 0 spiro atoms. The van der Waals surface area contributed by atoms with Crippen molar-refractivity contribution in [1.29, 1.82) is 0 Å². The number of oxazole rings is 1. The highest BCUT2D eigenvalue weighted by Crippen LogP contribution is 2.30. The maximum atomic E-state index is 13.7. The number of halogens is 3. The van der Waals surface area contributed by atoms with Gasteiger partial charge in [0.15, 0.2) is 5.69 Å². The smallest absolute Gasteiger partial charge is 0.399 e. The second-order valence-electron chi connectivity index (χ2n) is 7.04. The number of rotatable bonds is 6. The minimum Gasteiger partial charge on any atom is -0.416 e. The predicted molar refractivity (Wildman–Crippen MR) is 116 cm³/mol. The summed E-state index contributed by atoms with van der Waals surface area (Å²) >= 11 is 2.13. The van der Waals surface area contributed by atoms with Crippen molar-refractivity contribution in [1.82, 2.24) is 10.3 Å². The summed E-state index contributed by atoms with van der Waals surface area (Å²) in [6, 6.07) is 7.29. The Labute approximate surface area is 186 Å². The zero-order valence-corrected chi connectivity index (χ0v) is 18.7. The van der Waals surface area contributed by atoms with Crippen molar-refractivity contribution in [3.05, 3.63) is 68.6 Å². The van der Waals surface area contributed by atoms with E-state index in [2.05, 4.69) is 46.7 Å². The predicted octanol–water partition coefficient (Wildman–Crippen LogP) is 5.55. The van der Waals surface area contributed by atoms with E-state index in [4.69, 9.17) is 14.9 Å². The summed E-state index contributed by atoms with van der Waals surface area (Å²) in [6.45, 7) is 5.72. The van der Waals surface area contributed by atoms with Crippen molar-refractivity contribution in [3.8, 4) is 11.8 Å². The van der Waals surface area contributed by atoms with Crippen LogP contribution in [-0.4, -0.2) is 10.9 Å². The Morgan fingerprint density at radius 2 is 1.83 bits per heavy atom. The normalized spacial score (nSPS) is 12.1. The van der Waals surface area contributed by atoms with Crippen molar-refractivity contribution >= 4 is 34.2 Å². The van der Waals surface area contributed by atoms with Crippen LogP contribution in [0.5, 0.6) is 11.8 Å². The van der Waals surface area contributed by atoms with E-state index in [1.807, 2.05) is 18.2 Å². The molecule has 9 heteroatoms. The number of carbonyl (C=O) groups excluding carboxylic acids is 1. The number of carbonyl (C=O) groups is 1. The third kappa shape index (κ3) is 4.89. The average molecular weight is 527 g/mol. The molecule has 0 saturated heterocycles. The van der Waals surface area contributed by atoms with E-state index in [1.165, 1.54) is 0 Å². The van der Waals surface area contributed by atoms with Crippen molar-refractivity contribution < 1.29 is 22.7 Å². The minimum atomic E-state index is -0.888. The summed E-state index contributed by atoms with van der Waals surface area (Å²) in [7, 11) is 0. The third-order valence-electron chi connectivity index (χ3n) is 4.48. The fourth-order valence-corrected chi connectivity index (χ4v) is 3.11. The van der Waals surface area contributed by atoms with Crippen LogP contribution in [0.1, 0.15) is 54.3 Å². The fourth-order valence-electron chi connectivity index (χ4n) is 2.67. The van der Waals surface area contributed by atoms with Crippen LogP contribution >= 0.6 is 22.6 Å². The molecule has 0 aliphatic heterocycles. The number of ether oxygens (including phenoxy) is 1. The van der Waals surface area contributed by atoms with Crippen LogP contribution in [0.15, 0.2) is 41.0 Å². The Kier molecular flexibility index (Phi) is 6.59. The molecule has 1 aromatic heterocycles. The van der Waals surface area contributed by atoms with Gasteiger partial charge in [0.1, 0.15) is 29.3 Å². The molecule has 3 aromatic rings. The highest BCUT2D eigenvalue weighted by atomic mass is 127. The standard InChI is InChI=1S/C21H20F2IN3O3/c1-10(2)12-4-5-16(24)18(8-12)30-21-27-17(9-29-21)20(28)26-11(3)13-6-14(22)19(25)15(23)7-13/h4-11H,25H2,1-3H3,(H,26,28)/t11-/m1/s1. The molecule has 0 unspecified atom stereocenters. The molecule has 0 aliphatic carbocycles. The fraction of sp³-hybridized carbons (Fsp3) is 0.238. The van der Waals surface area contributed by atoms with Gasteiger partial charge in [0.25, 0.3) is 5.91 Å². The van der Waals surface area contributed by atoms with Crippen LogP contribution in [0.4, 0.5) is 14.5 Å². The Balaban J connectivity index is 1.72. The van der Waals surface area contributed by atoms with Crippen LogP contribution in [0.2, 0.25) is 0 Å². The Morgan fingerprint density at radius 3 is 2.47 bits per heavy atom. The lowest BCUT2D eigenvalue weighted by Gasteiger charge is -2.14. The first-order valence-electron chi connectivity index (χ1n) is 9.13. The minimum absolute atomic E-state index is 0.0248. The van der Waals surface area contributed by atoms with Gasteiger partial charge in [-0.05, 0) is 70.8 Å². The molecular weight excluding hydrogens is 507 g/mol. The Bertz CT molecular complexity index is 1060. The van der Waals surface area contributed by atoms with Crippen molar-refractivity contribution in [2.24, 2.45) is 0 Å². The van der Waals surface area contributed by atoms with E-state index in [9.17, 15) is 13.6 Å². The van der Waals surface area contributed by atoms with E-state index >= 15 is 0 Å². The molecule has 1 heterocycles. The van der Waals surface area contributed by atoms with E-state index < -0.39 is 29.3 Å². The van der Waals surface area contributed by atoms with Gasteiger partial charge in [0.05, 0.1) is 9.61 Å². The lowest BCUT2D eigenvalue weighted by Crippen LogP contribution is -2.27. The summed E-state index contributed by atoms with van der Waals surface area (Å²) in [6.07, 6.45) is 1.07. The maximum Gasteiger partial charge on any atom is 0.399 e. The maximum absolute atomic E-state index is 13.7. The molecule has 2 aromatic carbocycles. The van der Waals surface area contributed by atoms with Gasteiger partial charge < -0.3 is 20.2 Å². The molecule has 6 nitrogen and oxygen atoms in total. The van der Waals surface area contributed by atoms with Crippen LogP contribution < -0.4 is 15.8 Å². The Hall–Kier alpha value is -2.69. The van der Waals surface area contributed by atoms with Crippen molar-refractivity contribution in [2.75, 3.05) is 5.73 Å². The van der Waals surface area contributed by atoms with Crippen LogP contribution in [0.25, 0.3) is 0 Å². The Morgan fingerprint density at radius 1 is 1.17 bits per heavy atom. The number of amides is 1. The number of aromatic nitrogens is 1. The lowest BCUT2D eigenvalue weighted by atomic mass is 10.0. The molecule has 3 rings (SSSR count). The topological polar surface area (TPSA) is 90.4 Å². The number of nitrogen functional groups attached to an aromatic ring is 1. The number of nitrogens with one attached hydrogen (secondary N) is 1. The van der Waals surface area contributed by atoms with Gasteiger partial charge in [0, 0.05) is 0 Å². The van der Waals surface area contributed by atoms with Gasteiger partial charge in [-0.25, -0.2) is 8.78 Å². The molecule has 0 aliphatic rings. The second-order valence-corrected chi connectivity index (χ2v) is 8.20. The summed E-state index contributed by atoms with van der Waals surface area (Å²) in [5.74, 6) is -1.47. The lowest BCUT2D eigenvalue weighted by molar-refractivity contribution is 0.0934. The number of anilines is 1. The summed E-state index contributed by atoms with van der Waals surface area (Å²) in [5.41, 5.74) is 6.00. The van der Waals surface area contributed by atoms with E-state index in [-0.39, 0.29) is 17.3 Å². The zero-order chi connectivity index (χ0) is 22.0. The molecule has 30 heavy (non-hydrogen) atoms. The molecular formula is C21H20F2IN3O3. The molecule has 1 atom stereocenters. The van der Waals surface area contributed by atoms with Crippen LogP contribution in [0, 0.1) is 15.2 Å². The molecule has 0 radical (unpaired) electrons. The number of benzene rings is 2. The van der Waals surface area contributed by atoms with E-state index in [0.29, 0.717) is 11.7 Å². The second kappa shape index (κ2) is 8.99. The number of nitrogens with two attached hydrogens (primary N) is 1. The van der Waals surface area contributed by atoms with Gasteiger partial charge >= 0.3 is 6.08 Å². The van der Waals surface area contributed by atoms with Crippen LogP contribution in [-0.2, 0) is 0 Å². The molecule has 0 fully saturated rings. The van der Waals surface area contributed by atoms with E-state index in [0.717, 1.165) is 27.5 Å². The summed E-state index contributed by atoms with van der Waals surface area (Å²) < 4.78 is 39.1. The van der Waals surface area contributed by atoms with E-state index in [1.54, 1.807) is 6.92 Å². The molecule has 3 N–H and O–H groups in total. The molecule has 0 bridgehead atoms. The first-order chi connectivity index (χ1) is 14.2.